The van der Waals surface area contributed by atoms with E-state index in [2.05, 4.69) is 6.92 Å². The minimum atomic E-state index is -0.206. The predicted molar refractivity (Wildman–Crippen MR) is 170 cm³/mol. The topological polar surface area (TPSA) is 26.3 Å². The monoisotopic (exact) mass is 535 g/mol. The van der Waals surface area contributed by atoms with Crippen molar-refractivity contribution in [2.75, 3.05) is 6.61 Å². The lowest BCUT2D eigenvalue weighted by molar-refractivity contribution is -0.137. The molecular weight excluding hydrogens is 464 g/mol. The molecular formula is C36H70O2. The maximum absolute atomic E-state index is 11.2. The third kappa shape index (κ3) is 33.2. The summed E-state index contributed by atoms with van der Waals surface area (Å²) in [7, 11) is 0. The second-order valence-corrected chi connectivity index (χ2v) is 11.9. The minimum Gasteiger partial charge on any atom is -0.463 e. The number of allylic oxidation sites excluding steroid dienone is 1. The molecule has 0 fully saturated rings. The predicted octanol–water partition coefficient (Wildman–Crippen LogP) is 12.8. The lowest BCUT2D eigenvalue weighted by Gasteiger charge is -2.05. The van der Waals surface area contributed by atoms with E-state index in [0.717, 1.165) is 6.42 Å². The molecule has 0 saturated heterocycles. The van der Waals surface area contributed by atoms with Gasteiger partial charge in [0.2, 0.25) is 0 Å². The summed E-state index contributed by atoms with van der Waals surface area (Å²) >= 11 is 0. The average molecular weight is 535 g/mol. The van der Waals surface area contributed by atoms with Gasteiger partial charge in [-0.05, 0) is 13.3 Å². The molecule has 0 heterocycles. The van der Waals surface area contributed by atoms with Crippen molar-refractivity contribution >= 4 is 5.97 Å². The van der Waals surface area contributed by atoms with Gasteiger partial charge in [-0.2, -0.15) is 0 Å². The standard InChI is InChI=1S/C36H70O2/c1-3-5-6-7-8-9-10-11-12-13-14-15-16-17-18-19-20-21-22-23-24-25-26-27-28-29-30-31-32-33-35-38-36(37)34-4-2/h4,34H,3,5-33,35H2,1-2H3. The van der Waals surface area contributed by atoms with Crippen LogP contribution in [0.1, 0.15) is 206 Å². The zero-order chi connectivity index (χ0) is 27.6. The van der Waals surface area contributed by atoms with E-state index >= 15 is 0 Å². The van der Waals surface area contributed by atoms with Crippen molar-refractivity contribution in [2.24, 2.45) is 0 Å². The summed E-state index contributed by atoms with van der Waals surface area (Å²) in [6.07, 6.45) is 45.8. The van der Waals surface area contributed by atoms with Crippen molar-refractivity contribution in [1.82, 2.24) is 0 Å². The molecule has 0 aliphatic carbocycles. The van der Waals surface area contributed by atoms with Crippen LogP contribution in [0, 0.1) is 0 Å². The Morgan fingerprint density at radius 1 is 0.421 bits per heavy atom. The molecule has 2 heteroatoms. The first-order chi connectivity index (χ1) is 18.8. The average Bonchev–Trinajstić information content (AvgIpc) is 2.92. The van der Waals surface area contributed by atoms with Gasteiger partial charge in [0.15, 0.2) is 0 Å². The van der Waals surface area contributed by atoms with E-state index in [0.29, 0.717) is 6.61 Å². The maximum Gasteiger partial charge on any atom is 0.330 e. The summed E-state index contributed by atoms with van der Waals surface area (Å²) in [6, 6.07) is 0. The first-order valence-electron chi connectivity index (χ1n) is 17.6. The Hall–Kier alpha value is -0.790. The van der Waals surface area contributed by atoms with Crippen LogP contribution in [0.3, 0.4) is 0 Å². The molecule has 0 unspecified atom stereocenters. The molecule has 0 aromatic carbocycles. The van der Waals surface area contributed by atoms with E-state index in [-0.39, 0.29) is 5.97 Å². The van der Waals surface area contributed by atoms with Gasteiger partial charge in [0.25, 0.3) is 0 Å². The normalized spacial score (nSPS) is 11.5. The van der Waals surface area contributed by atoms with Crippen molar-refractivity contribution in [3.05, 3.63) is 12.2 Å². The van der Waals surface area contributed by atoms with Gasteiger partial charge in [-0.15, -0.1) is 0 Å². The van der Waals surface area contributed by atoms with Gasteiger partial charge in [0, 0.05) is 6.08 Å². The van der Waals surface area contributed by atoms with Crippen LogP contribution >= 0.6 is 0 Å². The zero-order valence-electron chi connectivity index (χ0n) is 26.4. The van der Waals surface area contributed by atoms with E-state index in [1.165, 1.54) is 192 Å². The van der Waals surface area contributed by atoms with E-state index in [4.69, 9.17) is 4.74 Å². The molecule has 0 atom stereocenters. The van der Waals surface area contributed by atoms with E-state index in [9.17, 15) is 4.79 Å². The third-order valence-corrected chi connectivity index (χ3v) is 8.04. The quantitative estimate of drug-likeness (QED) is 0.0487. The van der Waals surface area contributed by atoms with Crippen molar-refractivity contribution in [2.45, 2.75) is 206 Å². The van der Waals surface area contributed by atoms with Gasteiger partial charge in [-0.1, -0.05) is 199 Å². The van der Waals surface area contributed by atoms with Crippen LogP contribution in [0.5, 0.6) is 0 Å². The van der Waals surface area contributed by atoms with Gasteiger partial charge in [-0.25, -0.2) is 4.79 Å². The zero-order valence-corrected chi connectivity index (χ0v) is 26.4. The summed E-state index contributed by atoms with van der Waals surface area (Å²) in [5.74, 6) is -0.206. The van der Waals surface area contributed by atoms with Crippen LogP contribution in [0.2, 0.25) is 0 Å². The van der Waals surface area contributed by atoms with E-state index in [1.54, 1.807) is 6.08 Å². The Balaban J connectivity index is 3.05. The molecule has 38 heavy (non-hydrogen) atoms. The summed E-state index contributed by atoms with van der Waals surface area (Å²) in [4.78, 5) is 11.2. The molecule has 0 saturated carbocycles. The van der Waals surface area contributed by atoms with Crippen LogP contribution in [0.25, 0.3) is 0 Å². The van der Waals surface area contributed by atoms with Gasteiger partial charge < -0.3 is 4.74 Å². The summed E-state index contributed by atoms with van der Waals surface area (Å²) in [6.45, 7) is 4.71. The molecule has 0 N–H and O–H groups in total. The summed E-state index contributed by atoms with van der Waals surface area (Å²) < 4.78 is 5.12. The highest BCUT2D eigenvalue weighted by atomic mass is 16.5. The highest BCUT2D eigenvalue weighted by molar-refractivity contribution is 5.81. The second-order valence-electron chi connectivity index (χ2n) is 11.9. The Bertz CT molecular complexity index is 470. The highest BCUT2D eigenvalue weighted by Gasteiger charge is 1.98. The largest absolute Gasteiger partial charge is 0.463 e. The first-order valence-corrected chi connectivity index (χ1v) is 17.6. The molecule has 0 bridgehead atoms. The van der Waals surface area contributed by atoms with Crippen LogP contribution in [0.4, 0.5) is 0 Å². The number of hydrogen-bond donors (Lipinski definition) is 0. The molecule has 0 rings (SSSR count). The Morgan fingerprint density at radius 3 is 0.895 bits per heavy atom. The summed E-state index contributed by atoms with van der Waals surface area (Å²) in [5, 5.41) is 0. The number of hydrogen-bond acceptors (Lipinski definition) is 2. The van der Waals surface area contributed by atoms with Gasteiger partial charge >= 0.3 is 5.97 Å². The molecule has 0 aromatic heterocycles. The SMILES string of the molecule is CC=CC(=O)OCCCCCCCCCCCCCCCCCCCCCCCCCCCCCCCC. The fourth-order valence-electron chi connectivity index (χ4n) is 5.48. The molecule has 0 amide bonds. The number of ether oxygens (including phenoxy) is 1. The second kappa shape index (κ2) is 34.2. The first kappa shape index (κ1) is 37.2. The smallest absolute Gasteiger partial charge is 0.330 e. The Morgan fingerprint density at radius 2 is 0.658 bits per heavy atom. The fraction of sp³-hybridized carbons (Fsp3) is 0.917. The number of carbonyl (C=O) groups excluding carboxylic acids is 1. The van der Waals surface area contributed by atoms with E-state index in [1.807, 2.05) is 6.92 Å². The van der Waals surface area contributed by atoms with Gasteiger partial charge in [0.05, 0.1) is 6.61 Å². The molecule has 2 nitrogen and oxygen atoms in total. The summed E-state index contributed by atoms with van der Waals surface area (Å²) in [5.41, 5.74) is 0. The van der Waals surface area contributed by atoms with Gasteiger partial charge in [-0.3, -0.25) is 0 Å². The molecule has 0 spiro atoms. The van der Waals surface area contributed by atoms with Crippen molar-refractivity contribution in [3.63, 3.8) is 0 Å². The molecule has 226 valence electrons. The molecule has 0 aliphatic rings. The lowest BCUT2D eigenvalue weighted by Crippen LogP contribution is -2.01. The highest BCUT2D eigenvalue weighted by Crippen LogP contribution is 2.16. The van der Waals surface area contributed by atoms with Gasteiger partial charge in [0.1, 0.15) is 0 Å². The Labute approximate surface area is 240 Å². The minimum absolute atomic E-state index is 0.206. The van der Waals surface area contributed by atoms with Crippen LogP contribution in [0.15, 0.2) is 12.2 Å². The van der Waals surface area contributed by atoms with Crippen molar-refractivity contribution in [3.8, 4) is 0 Å². The number of carbonyl (C=O) groups is 1. The van der Waals surface area contributed by atoms with Crippen LogP contribution in [-0.2, 0) is 9.53 Å². The van der Waals surface area contributed by atoms with Crippen molar-refractivity contribution in [1.29, 1.82) is 0 Å². The number of unbranched alkanes of at least 4 members (excludes halogenated alkanes) is 29. The van der Waals surface area contributed by atoms with Crippen molar-refractivity contribution < 1.29 is 9.53 Å². The maximum atomic E-state index is 11.2. The number of rotatable bonds is 32. The third-order valence-electron chi connectivity index (χ3n) is 8.04. The fourth-order valence-corrected chi connectivity index (χ4v) is 5.48. The molecule has 0 radical (unpaired) electrons. The van der Waals surface area contributed by atoms with Crippen LogP contribution < -0.4 is 0 Å². The molecule has 0 aliphatic heterocycles. The lowest BCUT2D eigenvalue weighted by atomic mass is 10.0. The Kier molecular flexibility index (Phi) is 33.5. The number of esters is 1. The van der Waals surface area contributed by atoms with Crippen LogP contribution in [-0.4, -0.2) is 12.6 Å². The molecule has 0 aromatic rings. The van der Waals surface area contributed by atoms with E-state index < -0.39 is 0 Å².